The fraction of sp³-hybridized carbons (Fsp3) is 0.333. The molecule has 1 unspecified atom stereocenters. The number of anilines is 1. The van der Waals surface area contributed by atoms with Crippen LogP contribution in [0.5, 0.6) is 5.75 Å². The summed E-state index contributed by atoms with van der Waals surface area (Å²) < 4.78 is 32.9. The maximum atomic E-state index is 13.7. The van der Waals surface area contributed by atoms with Crippen LogP contribution in [0.1, 0.15) is 19.8 Å². The summed E-state index contributed by atoms with van der Waals surface area (Å²) in [5, 5.41) is 3.56. The number of amides is 1. The van der Waals surface area contributed by atoms with E-state index in [1.54, 1.807) is 30.5 Å². The zero-order chi connectivity index (χ0) is 20.8. The third kappa shape index (κ3) is 3.51. The Labute approximate surface area is 173 Å². The number of aromatic nitrogens is 1. The first kappa shape index (κ1) is 19.0. The van der Waals surface area contributed by atoms with Crippen LogP contribution in [0.25, 0.3) is 10.9 Å². The number of hydrogen-bond acceptors (Lipinski definition) is 3. The molecular weight excluding hydrogens is 386 g/mol. The molecular formula is C24H22F2N2O2. The second-order valence-electron chi connectivity index (χ2n) is 8.37. The Balaban J connectivity index is 1.20. The third-order valence-electron chi connectivity index (χ3n) is 6.53. The van der Waals surface area contributed by atoms with Crippen molar-refractivity contribution in [2.45, 2.75) is 25.9 Å². The average Bonchev–Trinajstić information content (AvgIpc) is 3.24. The molecule has 5 rings (SSSR count). The summed E-state index contributed by atoms with van der Waals surface area (Å²) in [7, 11) is 0. The number of fused-ring (bicyclic) bond motifs is 2. The number of ether oxygens (including phenoxy) is 1. The number of benzene rings is 2. The average molecular weight is 408 g/mol. The van der Waals surface area contributed by atoms with Gasteiger partial charge in [-0.15, -0.1) is 0 Å². The van der Waals surface area contributed by atoms with E-state index in [0.717, 1.165) is 12.8 Å². The van der Waals surface area contributed by atoms with Crippen molar-refractivity contribution in [3.05, 3.63) is 66.4 Å². The van der Waals surface area contributed by atoms with Crippen molar-refractivity contribution in [3.8, 4) is 5.75 Å². The summed E-state index contributed by atoms with van der Waals surface area (Å²) in [6.07, 6.45) is 3.53. The van der Waals surface area contributed by atoms with Crippen molar-refractivity contribution < 1.29 is 18.3 Å². The van der Waals surface area contributed by atoms with E-state index in [9.17, 15) is 13.6 Å². The number of carbonyl (C=O) groups excluding carboxylic acids is 1. The van der Waals surface area contributed by atoms with Crippen LogP contribution < -0.4 is 10.1 Å². The SMILES string of the molecule is CC(C(=O)Nc1ccc(F)cc1)[C@H]1[C@@H]2C[C@@H](Oc3ccnc4ccc(F)cc34)C[C@@H]21. The van der Waals surface area contributed by atoms with Crippen molar-refractivity contribution >= 4 is 22.5 Å². The molecule has 2 aliphatic carbocycles. The molecule has 2 aromatic carbocycles. The first-order valence-corrected chi connectivity index (χ1v) is 10.3. The Kier molecular flexibility index (Phi) is 4.65. The lowest BCUT2D eigenvalue weighted by atomic mass is 9.97. The van der Waals surface area contributed by atoms with Crippen LogP contribution in [0.4, 0.5) is 14.5 Å². The van der Waals surface area contributed by atoms with Gasteiger partial charge in [0.05, 0.1) is 11.6 Å². The van der Waals surface area contributed by atoms with Gasteiger partial charge in [-0.2, -0.15) is 0 Å². The summed E-state index contributed by atoms with van der Waals surface area (Å²) in [6, 6.07) is 12.1. The van der Waals surface area contributed by atoms with Gasteiger partial charge in [0, 0.05) is 23.2 Å². The molecule has 2 saturated carbocycles. The van der Waals surface area contributed by atoms with Gasteiger partial charge in [0.25, 0.3) is 0 Å². The molecule has 0 radical (unpaired) electrons. The lowest BCUT2D eigenvalue weighted by Crippen LogP contribution is -2.25. The van der Waals surface area contributed by atoms with E-state index in [2.05, 4.69) is 10.3 Å². The Morgan fingerprint density at radius 3 is 2.50 bits per heavy atom. The normalized spacial score (nSPS) is 25.6. The van der Waals surface area contributed by atoms with E-state index in [1.165, 1.54) is 24.3 Å². The van der Waals surface area contributed by atoms with Crippen molar-refractivity contribution in [1.82, 2.24) is 4.98 Å². The molecule has 1 amide bonds. The van der Waals surface area contributed by atoms with E-state index < -0.39 is 0 Å². The van der Waals surface area contributed by atoms with Crippen molar-refractivity contribution in [2.24, 2.45) is 23.7 Å². The highest BCUT2D eigenvalue weighted by atomic mass is 19.1. The van der Waals surface area contributed by atoms with Gasteiger partial charge < -0.3 is 10.1 Å². The second-order valence-corrected chi connectivity index (χ2v) is 8.37. The van der Waals surface area contributed by atoms with Crippen LogP contribution in [0.15, 0.2) is 54.7 Å². The number of nitrogens with one attached hydrogen (secondary N) is 1. The molecule has 2 fully saturated rings. The second kappa shape index (κ2) is 7.35. The molecule has 0 spiro atoms. The van der Waals surface area contributed by atoms with Crippen LogP contribution in [-0.2, 0) is 4.79 Å². The summed E-state index contributed by atoms with van der Waals surface area (Å²) in [5.41, 5.74) is 1.32. The molecule has 6 heteroatoms. The molecule has 1 heterocycles. The van der Waals surface area contributed by atoms with Gasteiger partial charge in [-0.25, -0.2) is 8.78 Å². The Hall–Kier alpha value is -3.02. The number of halogens is 2. The molecule has 30 heavy (non-hydrogen) atoms. The summed E-state index contributed by atoms with van der Waals surface area (Å²) in [6.45, 7) is 1.96. The maximum Gasteiger partial charge on any atom is 0.227 e. The molecule has 4 nitrogen and oxygen atoms in total. The predicted molar refractivity (Wildman–Crippen MR) is 110 cm³/mol. The zero-order valence-corrected chi connectivity index (χ0v) is 16.5. The van der Waals surface area contributed by atoms with Crippen molar-refractivity contribution in [2.75, 3.05) is 5.32 Å². The molecule has 5 atom stereocenters. The number of carbonyl (C=O) groups is 1. The Bertz CT molecular complexity index is 1090. The minimum atomic E-state index is -0.325. The largest absolute Gasteiger partial charge is 0.490 e. The summed E-state index contributed by atoms with van der Waals surface area (Å²) in [5.74, 6) is 1.16. The van der Waals surface area contributed by atoms with Crippen molar-refractivity contribution in [1.29, 1.82) is 0 Å². The van der Waals surface area contributed by atoms with E-state index >= 15 is 0 Å². The first-order chi connectivity index (χ1) is 14.5. The monoisotopic (exact) mass is 408 g/mol. The number of nitrogens with zero attached hydrogens (tertiary/aromatic N) is 1. The van der Waals surface area contributed by atoms with Crippen molar-refractivity contribution in [3.63, 3.8) is 0 Å². The minimum Gasteiger partial charge on any atom is -0.490 e. The third-order valence-corrected chi connectivity index (χ3v) is 6.53. The molecule has 0 aliphatic heterocycles. The summed E-state index contributed by atoms with van der Waals surface area (Å²) >= 11 is 0. The van der Waals surface area contributed by atoms with Crippen LogP contribution in [0.3, 0.4) is 0 Å². The summed E-state index contributed by atoms with van der Waals surface area (Å²) in [4.78, 5) is 16.8. The number of hydrogen-bond donors (Lipinski definition) is 1. The van der Waals surface area contributed by atoms with Gasteiger partial charge in [0.1, 0.15) is 17.4 Å². The fourth-order valence-electron chi connectivity index (χ4n) is 5.02. The van der Waals surface area contributed by atoms with Gasteiger partial charge >= 0.3 is 0 Å². The highest BCUT2D eigenvalue weighted by molar-refractivity contribution is 5.92. The van der Waals surface area contributed by atoms with E-state index in [1.807, 2.05) is 6.92 Å². The maximum absolute atomic E-state index is 13.7. The number of pyridine rings is 1. The highest BCUT2D eigenvalue weighted by Crippen LogP contribution is 2.61. The predicted octanol–water partition coefficient (Wildman–Crippen LogP) is 5.19. The van der Waals surface area contributed by atoms with Gasteiger partial charge in [0.2, 0.25) is 5.91 Å². The van der Waals surface area contributed by atoms with Gasteiger partial charge in [-0.3, -0.25) is 9.78 Å². The first-order valence-electron chi connectivity index (χ1n) is 10.3. The standard InChI is InChI=1S/C24H22F2N2O2/c1-13(24(29)28-16-5-2-14(25)3-6-16)23-18-11-17(12-19(18)23)30-22-8-9-27-21-7-4-15(26)10-20(21)22/h2-10,13,17-19,23H,11-12H2,1H3,(H,28,29)/t13?,17-,18-,19+,23+. The Morgan fingerprint density at radius 2 is 1.77 bits per heavy atom. The van der Waals surface area contributed by atoms with E-state index in [-0.39, 0.29) is 29.6 Å². The molecule has 2 aliphatic rings. The lowest BCUT2D eigenvalue weighted by Gasteiger charge is -2.20. The number of rotatable bonds is 5. The molecule has 1 aromatic heterocycles. The van der Waals surface area contributed by atoms with E-state index in [4.69, 9.17) is 4.74 Å². The van der Waals surface area contributed by atoms with E-state index in [0.29, 0.717) is 40.1 Å². The zero-order valence-electron chi connectivity index (χ0n) is 16.5. The topological polar surface area (TPSA) is 51.2 Å². The Morgan fingerprint density at radius 1 is 1.07 bits per heavy atom. The smallest absolute Gasteiger partial charge is 0.227 e. The van der Waals surface area contributed by atoms with Crippen LogP contribution in [-0.4, -0.2) is 17.0 Å². The lowest BCUT2D eigenvalue weighted by molar-refractivity contribution is -0.120. The molecule has 1 N–H and O–H groups in total. The van der Waals surface area contributed by atoms with Gasteiger partial charge in [-0.1, -0.05) is 6.92 Å². The minimum absolute atomic E-state index is 0.0333. The van der Waals surface area contributed by atoms with Crippen LogP contribution in [0.2, 0.25) is 0 Å². The highest BCUT2D eigenvalue weighted by Gasteiger charge is 2.59. The van der Waals surface area contributed by atoms with Crippen LogP contribution in [0, 0.1) is 35.3 Å². The fourth-order valence-corrected chi connectivity index (χ4v) is 5.02. The molecule has 0 bridgehead atoms. The van der Waals surface area contributed by atoms with Gasteiger partial charge in [0.15, 0.2) is 0 Å². The van der Waals surface area contributed by atoms with Gasteiger partial charge in [-0.05, 0) is 79.1 Å². The quantitative estimate of drug-likeness (QED) is 0.632. The van der Waals surface area contributed by atoms with Crippen LogP contribution >= 0.6 is 0 Å². The molecule has 154 valence electrons. The molecule has 0 saturated heterocycles. The molecule has 3 aromatic rings.